The average molecular weight is 2160 g/mol. The lowest BCUT2D eigenvalue weighted by molar-refractivity contribution is -0.438. The molecule has 0 spiro atoms. The number of nitrogens with zero attached hydrogens (tertiary/aromatic N) is 7. The summed E-state index contributed by atoms with van der Waals surface area (Å²) in [6.07, 6.45) is 47.3. The van der Waals surface area contributed by atoms with E-state index in [1.54, 1.807) is 31.2 Å². The highest BCUT2D eigenvalue weighted by Gasteiger charge is 2.48. The number of unbranched alkanes of at least 4 members (excludes halogenated alkanes) is 15. The normalized spacial score (nSPS) is 17.6. The van der Waals surface area contributed by atoms with Crippen LogP contribution in [-0.4, -0.2) is 192 Å². The Balaban J connectivity index is 0.000000455. The number of amides is 2. The van der Waals surface area contributed by atoms with Crippen molar-refractivity contribution in [2.24, 2.45) is 17.0 Å². The van der Waals surface area contributed by atoms with Crippen molar-refractivity contribution in [3.05, 3.63) is 165 Å². The summed E-state index contributed by atoms with van der Waals surface area (Å²) in [4.78, 5) is 88.8. The standard InChI is InChI=1S/C43H58N2O8S2.C41H56N2O8S2.C20H34N2O3S.C3H7N3.C3H8O2.C3H4.CH4/c1-8-44-37-26-24-33(54(48,49)50)29-35(37)42(4,5)40(44)22-16-11-17-23-41-43(6,7)36-30-34(55(51,52)53)25-27-38(36)45(41)28-18-12-14-20-32(46)19-13-9-10-15-21-39(47)31(2)3;1-8-42-35-24-22-31(52(46,47)48)27-33(35)40(4,5)38(42)20-16-21-39-41(6,7)34-28-32(53(49,50)51)23-25-36(34)43(39)26-15-11-13-18-30(44)17-12-9-10-14-19-37(45)29(2)3;1-2-15(23)10-6-3-4-7-11-16(24)12-8-5-9-13-18-19-17(14-26-18)21-20(25)22-19;1-2-3-5-6-4;1-3(5)2-4;1-3-2;/h11,16-17,22-27,29-31H,8-10,12-15,18-21,28H2,1-7H3,(H-,48,49,50,51,52,53);16,20-25,27-29H,8-15,17-19,26H2,1-7H3,(H-,46,47,48,49,50,51);17-19H,2-14H2,1H3,(H2,21,22,25);2-3H2,1H3;3-5H,2H2,1H3;1H,2H3;1H4/p-2. The number of carbonyl (C=O) groups excluding carboxylic acids is 7. The van der Waals surface area contributed by atoms with Gasteiger partial charge >= 0.3 is 6.03 Å². The lowest BCUT2D eigenvalue weighted by atomic mass is 9.81. The van der Waals surface area contributed by atoms with Crippen molar-refractivity contribution in [1.82, 2.24) is 10.6 Å². The second kappa shape index (κ2) is 63.3. The van der Waals surface area contributed by atoms with Gasteiger partial charge in [0, 0.05) is 193 Å². The minimum atomic E-state index is -4.66. The third-order valence-corrected chi connectivity index (χ3v) is 32.6. The fraction of sp³-hybridized carbons (Fsp3) is 0.605. The first-order valence-electron chi connectivity index (χ1n) is 52.8. The van der Waals surface area contributed by atoms with Gasteiger partial charge in [0.15, 0.2) is 11.4 Å². The van der Waals surface area contributed by atoms with Crippen LogP contribution in [0.4, 0.5) is 27.5 Å². The Hall–Kier alpha value is -9.41. The van der Waals surface area contributed by atoms with E-state index in [1.807, 2.05) is 171 Å². The Kier molecular flexibility index (Phi) is 56.0. The lowest BCUT2D eigenvalue weighted by Crippen LogP contribution is -2.36. The monoisotopic (exact) mass is 2160 g/mol. The number of anilines is 2. The van der Waals surface area contributed by atoms with Gasteiger partial charge < -0.3 is 48.9 Å². The van der Waals surface area contributed by atoms with E-state index in [0.717, 1.165) is 221 Å². The molecule has 35 heteroatoms. The van der Waals surface area contributed by atoms with Gasteiger partial charge in [-0.2, -0.15) is 20.9 Å². The molecule has 4 atom stereocenters. The first-order chi connectivity index (χ1) is 69.6. The van der Waals surface area contributed by atoms with Crippen molar-refractivity contribution in [1.29, 1.82) is 0 Å². The minimum absolute atomic E-state index is 0. The van der Waals surface area contributed by atoms with Crippen molar-refractivity contribution >= 4 is 127 Å². The summed E-state index contributed by atoms with van der Waals surface area (Å²) in [5, 5.41) is 25.8. The maximum absolute atomic E-state index is 12.6. The molecule has 4 N–H and O–H groups in total. The predicted octanol–water partition coefficient (Wildman–Crippen LogP) is 22.5. The summed E-state index contributed by atoms with van der Waals surface area (Å²) in [6, 6.07) is 18.6. The molecule has 828 valence electrons. The number of ketones is 6. The number of allylic oxidation sites excluding steroid dienone is 10. The van der Waals surface area contributed by atoms with Crippen LogP contribution in [0.5, 0.6) is 0 Å². The fourth-order valence-corrected chi connectivity index (χ4v) is 22.8. The molecular formula is C114H169N9O21S5-2. The second-order valence-corrected chi connectivity index (χ2v) is 48.2. The zero-order valence-corrected chi connectivity index (χ0v) is 94.8. The summed E-state index contributed by atoms with van der Waals surface area (Å²) >= 11 is 1.96. The maximum atomic E-state index is 12.6. The van der Waals surface area contributed by atoms with Crippen LogP contribution < -0.4 is 20.4 Å². The minimum Gasteiger partial charge on any atom is -0.744 e. The first kappa shape index (κ1) is 132. The number of hydrogen-bond acceptors (Lipinski definition) is 25. The maximum Gasteiger partial charge on any atom is 0.315 e. The van der Waals surface area contributed by atoms with Gasteiger partial charge in [-0.25, -0.2) is 38.5 Å². The van der Waals surface area contributed by atoms with Crippen molar-refractivity contribution in [3.8, 4) is 12.3 Å². The van der Waals surface area contributed by atoms with E-state index in [2.05, 4.69) is 52.0 Å². The Bertz CT molecular complexity index is 5970. The number of fused-ring (bicyclic) bond motifs is 5. The Morgan fingerprint density at radius 2 is 0.826 bits per heavy atom. The molecule has 2 saturated heterocycles. The smallest absolute Gasteiger partial charge is 0.315 e. The number of azide groups is 1. The highest BCUT2D eigenvalue weighted by molar-refractivity contribution is 8.00. The number of Topliss-reactive ketones (excluding diaryl/α,β-unsaturated/α-hetero) is 6. The number of aliphatic hydroxyl groups is 2. The second-order valence-electron chi connectivity index (χ2n) is 41.4. The molecule has 0 bridgehead atoms. The molecule has 0 aromatic heterocycles. The van der Waals surface area contributed by atoms with E-state index < -0.39 is 68.2 Å². The Morgan fingerprint density at radius 3 is 1.15 bits per heavy atom. The molecule has 0 saturated carbocycles. The van der Waals surface area contributed by atoms with Crippen LogP contribution in [0.3, 0.4) is 0 Å². The Labute approximate surface area is 894 Å². The summed E-state index contributed by atoms with van der Waals surface area (Å²) in [7, 11) is -18.5. The largest absolute Gasteiger partial charge is 0.744 e. The van der Waals surface area contributed by atoms with Crippen LogP contribution in [0.25, 0.3) is 10.4 Å². The lowest BCUT2D eigenvalue weighted by Gasteiger charge is -2.25. The van der Waals surface area contributed by atoms with E-state index in [1.165, 1.54) is 55.5 Å². The number of likely N-dealkylation sites (N-methyl/N-ethyl adjacent to an activating group) is 2. The van der Waals surface area contributed by atoms with Crippen molar-refractivity contribution in [2.45, 2.75) is 409 Å². The van der Waals surface area contributed by atoms with Crippen LogP contribution in [-0.2, 0) is 90.9 Å². The van der Waals surface area contributed by atoms with Crippen LogP contribution in [0.15, 0.2) is 157 Å². The molecule has 0 aliphatic carbocycles. The van der Waals surface area contributed by atoms with E-state index in [-0.39, 0.29) is 63.0 Å². The molecule has 4 aromatic carbocycles. The van der Waals surface area contributed by atoms with Gasteiger partial charge in [0.25, 0.3) is 0 Å². The summed E-state index contributed by atoms with van der Waals surface area (Å²) in [5.41, 5.74) is 15.4. The number of nitrogens with one attached hydrogen (secondary N) is 2. The molecule has 6 aliphatic heterocycles. The zero-order chi connectivity index (χ0) is 111. The van der Waals surface area contributed by atoms with Crippen LogP contribution in [0, 0.1) is 24.2 Å². The highest BCUT2D eigenvalue weighted by Crippen LogP contribution is 2.51. The number of hydrogen-bond donors (Lipinski definition) is 4. The number of rotatable bonds is 56. The topological polar surface area (TPSA) is 474 Å². The van der Waals surface area contributed by atoms with Gasteiger partial charge in [-0.3, -0.25) is 28.8 Å². The van der Waals surface area contributed by atoms with Gasteiger partial charge in [0.05, 0.1) is 55.2 Å². The molecule has 30 nitrogen and oxygen atoms in total. The highest BCUT2D eigenvalue weighted by atomic mass is 32.2. The summed E-state index contributed by atoms with van der Waals surface area (Å²) in [5.74, 6) is 5.26. The van der Waals surface area contributed by atoms with Gasteiger partial charge in [0.1, 0.15) is 88.3 Å². The molecule has 6 aliphatic rings. The van der Waals surface area contributed by atoms with Gasteiger partial charge in [-0.1, -0.05) is 164 Å². The van der Waals surface area contributed by atoms with Gasteiger partial charge in [-0.15, -0.1) is 12.3 Å². The molecule has 4 aromatic rings. The van der Waals surface area contributed by atoms with Gasteiger partial charge in [-0.05, 0) is 222 Å². The molecule has 6 heterocycles. The van der Waals surface area contributed by atoms with Crippen LogP contribution in [0.2, 0.25) is 0 Å². The number of benzene rings is 4. The molecule has 149 heavy (non-hydrogen) atoms. The predicted molar refractivity (Wildman–Crippen MR) is 592 cm³/mol. The third-order valence-electron chi connectivity index (χ3n) is 27.8. The van der Waals surface area contributed by atoms with Crippen LogP contribution in [0.1, 0.15) is 366 Å². The number of urea groups is 1. The molecule has 0 radical (unpaired) electrons. The van der Waals surface area contributed by atoms with Crippen molar-refractivity contribution in [2.75, 3.05) is 54.9 Å². The quantitative estimate of drug-likeness (QED) is 0.00367. The van der Waals surface area contributed by atoms with E-state index in [9.17, 15) is 85.4 Å². The van der Waals surface area contributed by atoms with E-state index in [4.69, 9.17) is 15.7 Å². The molecule has 2 amide bonds. The number of terminal acetylenes is 1. The van der Waals surface area contributed by atoms with Crippen molar-refractivity contribution in [3.63, 3.8) is 0 Å². The molecule has 10 rings (SSSR count). The number of thioether (sulfide) groups is 1. The number of carbonyl (C=O) groups is 7. The molecule has 2 fully saturated rings. The first-order valence-corrected chi connectivity index (χ1v) is 59.5. The molecular weight excluding hydrogens is 1990 g/mol. The van der Waals surface area contributed by atoms with Gasteiger partial charge in [0.2, 0.25) is 11.4 Å². The zero-order valence-electron chi connectivity index (χ0n) is 90.7. The third kappa shape index (κ3) is 40.8. The summed E-state index contributed by atoms with van der Waals surface area (Å²) < 4.78 is 147. The number of aliphatic hydroxyl groups excluding tert-OH is 2. The average Bonchev–Trinajstić information content (AvgIpc) is 1.58. The Morgan fingerprint density at radius 1 is 0.497 bits per heavy atom. The summed E-state index contributed by atoms with van der Waals surface area (Å²) in [6.45, 7) is 37.8. The fourth-order valence-electron chi connectivity index (χ4n) is 19.2. The SMILES string of the molecule is C.C#CC.CC(O)CO.CCC(=O)CCCCCCC(=O)CCCCCC1SCC2NC(=O)NC21.CCCN=[N+]=[N-].CCN1/C(=C\C=C\C2=[N+](CCCCCC(=O)CCCCCCC(=O)C(C)C)c3ccc(S(=O)(=O)[O-])cc3C2(C)C)C(C)(C)c2cc(S(=O)(=O)[O-])ccc21.CCN1\C(=C/C=C/C=C/C2=[N+](CCCCCC(=O)CCCCCCC(=O)C(C)C)c3ccc(S(=O)(=O)[O-])cc3C2(C)C)C(C)(C)c2cc(S(=O)(=O)[O-])ccc21. The van der Waals surface area contributed by atoms with Crippen LogP contribution >= 0.6 is 11.8 Å². The molecule has 4 unspecified atom stereocenters. The van der Waals surface area contributed by atoms with E-state index >= 15 is 0 Å². The van der Waals surface area contributed by atoms with E-state index in [0.29, 0.717) is 137 Å². The van der Waals surface area contributed by atoms with Crippen molar-refractivity contribution < 1.29 is 105 Å².